The van der Waals surface area contributed by atoms with Crippen LogP contribution in [0.2, 0.25) is 0 Å². The monoisotopic (exact) mass is 339 g/mol. The largest absolute Gasteiger partial charge is 0.338 e. The molecule has 1 saturated heterocycles. The topological polar surface area (TPSA) is 52.6 Å². The minimum absolute atomic E-state index is 0.140. The van der Waals surface area contributed by atoms with E-state index in [1.165, 1.54) is 0 Å². The summed E-state index contributed by atoms with van der Waals surface area (Å²) in [6, 6.07) is 11.6. The number of carbonyl (C=O) groups excluding carboxylic acids is 1. The lowest BCUT2D eigenvalue weighted by Gasteiger charge is -2.38. The molecule has 6 nitrogen and oxygen atoms in total. The van der Waals surface area contributed by atoms with Crippen LogP contribution in [-0.4, -0.2) is 59.5 Å². The van der Waals surface area contributed by atoms with Gasteiger partial charge in [-0.3, -0.25) is 9.69 Å². The molecule has 0 saturated carbocycles. The quantitative estimate of drug-likeness (QED) is 0.834. The fourth-order valence-corrected chi connectivity index (χ4v) is 3.22. The minimum atomic E-state index is -0.140. The van der Waals surface area contributed by atoms with E-state index >= 15 is 0 Å². The Morgan fingerprint density at radius 3 is 2.32 bits per heavy atom. The van der Waals surface area contributed by atoms with Crippen LogP contribution in [-0.2, 0) is 4.79 Å². The van der Waals surface area contributed by atoms with Crippen molar-refractivity contribution in [2.45, 2.75) is 19.9 Å². The number of aromatic nitrogens is 2. The van der Waals surface area contributed by atoms with E-state index in [0.29, 0.717) is 6.54 Å². The van der Waals surface area contributed by atoms with Gasteiger partial charge >= 0.3 is 0 Å². The van der Waals surface area contributed by atoms with E-state index in [9.17, 15) is 4.79 Å². The van der Waals surface area contributed by atoms with E-state index in [1.807, 2.05) is 55.1 Å². The van der Waals surface area contributed by atoms with E-state index in [2.05, 4.69) is 19.8 Å². The van der Waals surface area contributed by atoms with Crippen molar-refractivity contribution < 1.29 is 4.79 Å². The molecule has 132 valence electrons. The van der Waals surface area contributed by atoms with Gasteiger partial charge in [0, 0.05) is 50.8 Å². The minimum Gasteiger partial charge on any atom is -0.338 e. The Kier molecular flexibility index (Phi) is 5.60. The Bertz CT molecular complexity index is 671. The maximum absolute atomic E-state index is 13.0. The number of hydrogen-bond acceptors (Lipinski definition) is 5. The van der Waals surface area contributed by atoms with Crippen molar-refractivity contribution in [2.24, 2.45) is 0 Å². The van der Waals surface area contributed by atoms with Crippen LogP contribution in [0.4, 0.5) is 11.6 Å². The number of benzene rings is 1. The third kappa shape index (κ3) is 3.96. The van der Waals surface area contributed by atoms with Crippen molar-refractivity contribution in [3.63, 3.8) is 0 Å². The number of amides is 1. The highest BCUT2D eigenvalue weighted by Crippen LogP contribution is 2.18. The third-order valence-corrected chi connectivity index (χ3v) is 4.70. The number of nitrogens with zero attached hydrogens (tertiary/aromatic N) is 5. The maximum atomic E-state index is 13.0. The van der Waals surface area contributed by atoms with Gasteiger partial charge in [0.15, 0.2) is 0 Å². The summed E-state index contributed by atoms with van der Waals surface area (Å²) >= 11 is 0. The molecule has 0 radical (unpaired) electrons. The molecule has 0 N–H and O–H groups in total. The zero-order valence-electron chi connectivity index (χ0n) is 14.9. The molecule has 0 unspecified atom stereocenters. The number of hydrogen-bond donors (Lipinski definition) is 0. The number of piperazine rings is 1. The van der Waals surface area contributed by atoms with Crippen molar-refractivity contribution in [3.05, 3.63) is 48.8 Å². The summed E-state index contributed by atoms with van der Waals surface area (Å²) in [4.78, 5) is 27.9. The summed E-state index contributed by atoms with van der Waals surface area (Å²) in [5, 5.41) is 0. The lowest BCUT2D eigenvalue weighted by Crippen LogP contribution is -2.55. The highest BCUT2D eigenvalue weighted by Gasteiger charge is 2.29. The van der Waals surface area contributed by atoms with E-state index < -0.39 is 0 Å². The second kappa shape index (κ2) is 8.07. The van der Waals surface area contributed by atoms with Crippen LogP contribution >= 0.6 is 0 Å². The fraction of sp³-hybridized carbons (Fsp3) is 0.421. The van der Waals surface area contributed by atoms with Gasteiger partial charge in [-0.25, -0.2) is 9.97 Å². The summed E-state index contributed by atoms with van der Waals surface area (Å²) in [5.41, 5.74) is 0.957. The summed E-state index contributed by atoms with van der Waals surface area (Å²) in [6.07, 6.45) is 3.53. The molecular weight excluding hydrogens is 314 g/mol. The first kappa shape index (κ1) is 17.4. The summed E-state index contributed by atoms with van der Waals surface area (Å²) in [6.45, 7) is 8.02. The van der Waals surface area contributed by atoms with Crippen molar-refractivity contribution in [1.82, 2.24) is 14.9 Å². The molecule has 2 aromatic rings. The summed E-state index contributed by atoms with van der Waals surface area (Å²) in [7, 11) is 0. The first-order chi connectivity index (χ1) is 12.2. The van der Waals surface area contributed by atoms with Gasteiger partial charge in [0.25, 0.3) is 0 Å². The van der Waals surface area contributed by atoms with Gasteiger partial charge in [-0.15, -0.1) is 0 Å². The van der Waals surface area contributed by atoms with Gasteiger partial charge in [0.1, 0.15) is 0 Å². The zero-order chi connectivity index (χ0) is 17.6. The maximum Gasteiger partial charge on any atom is 0.244 e. The normalized spacial score (nSPS) is 16.5. The molecule has 1 aromatic carbocycles. The Morgan fingerprint density at radius 1 is 1.08 bits per heavy atom. The average Bonchev–Trinajstić information content (AvgIpc) is 2.69. The summed E-state index contributed by atoms with van der Waals surface area (Å²) < 4.78 is 0. The molecular formula is C19H25N5O. The van der Waals surface area contributed by atoms with Crippen LogP contribution in [0.1, 0.15) is 13.8 Å². The SMILES string of the molecule is CCN(C(=O)[C@H](C)N1CCN(c2ncccn2)CC1)c1ccccc1. The summed E-state index contributed by atoms with van der Waals surface area (Å²) in [5.74, 6) is 0.915. The Balaban J connectivity index is 1.62. The number of anilines is 2. The molecule has 0 bridgehead atoms. The molecule has 1 aliphatic rings. The van der Waals surface area contributed by atoms with Crippen LogP contribution in [0, 0.1) is 0 Å². The molecule has 6 heteroatoms. The molecule has 0 spiro atoms. The molecule has 0 aliphatic carbocycles. The van der Waals surface area contributed by atoms with Crippen molar-refractivity contribution >= 4 is 17.5 Å². The van der Waals surface area contributed by atoms with Crippen LogP contribution in [0.25, 0.3) is 0 Å². The standard InChI is InChI=1S/C19H25N5O/c1-3-24(17-8-5-4-6-9-17)18(25)16(2)22-12-14-23(15-13-22)19-20-10-7-11-21-19/h4-11,16H,3,12-15H2,1-2H3/t16-/m0/s1. The number of rotatable bonds is 5. The van der Waals surface area contributed by atoms with Crippen LogP contribution in [0.5, 0.6) is 0 Å². The molecule has 1 amide bonds. The molecule has 2 heterocycles. The molecule has 1 aliphatic heterocycles. The van der Waals surface area contributed by atoms with E-state index in [0.717, 1.165) is 37.8 Å². The van der Waals surface area contributed by atoms with E-state index in [-0.39, 0.29) is 11.9 Å². The van der Waals surface area contributed by atoms with Gasteiger partial charge in [-0.2, -0.15) is 0 Å². The smallest absolute Gasteiger partial charge is 0.244 e. The lowest BCUT2D eigenvalue weighted by atomic mass is 10.2. The number of likely N-dealkylation sites (N-methyl/N-ethyl adjacent to an activating group) is 1. The number of carbonyl (C=O) groups is 1. The average molecular weight is 339 g/mol. The fourth-order valence-electron chi connectivity index (χ4n) is 3.22. The lowest BCUT2D eigenvalue weighted by molar-refractivity contribution is -0.123. The second-order valence-corrected chi connectivity index (χ2v) is 6.17. The molecule has 25 heavy (non-hydrogen) atoms. The number of para-hydroxylation sites is 1. The Hall–Kier alpha value is -2.47. The van der Waals surface area contributed by atoms with Crippen LogP contribution < -0.4 is 9.80 Å². The molecule has 3 rings (SSSR count). The Morgan fingerprint density at radius 2 is 1.72 bits per heavy atom. The predicted molar refractivity (Wildman–Crippen MR) is 99.7 cm³/mol. The van der Waals surface area contributed by atoms with E-state index in [1.54, 1.807) is 12.4 Å². The zero-order valence-corrected chi connectivity index (χ0v) is 14.9. The van der Waals surface area contributed by atoms with Crippen molar-refractivity contribution in [2.75, 3.05) is 42.5 Å². The highest BCUT2D eigenvalue weighted by molar-refractivity contribution is 5.96. The first-order valence-corrected chi connectivity index (χ1v) is 8.83. The van der Waals surface area contributed by atoms with Crippen LogP contribution in [0.15, 0.2) is 48.8 Å². The first-order valence-electron chi connectivity index (χ1n) is 8.83. The molecule has 1 fully saturated rings. The molecule has 1 atom stereocenters. The van der Waals surface area contributed by atoms with Gasteiger partial charge < -0.3 is 9.80 Å². The third-order valence-electron chi connectivity index (χ3n) is 4.70. The predicted octanol–water partition coefficient (Wildman–Crippen LogP) is 2.04. The highest BCUT2D eigenvalue weighted by atomic mass is 16.2. The second-order valence-electron chi connectivity index (χ2n) is 6.17. The van der Waals surface area contributed by atoms with Gasteiger partial charge in [0.05, 0.1) is 6.04 Å². The van der Waals surface area contributed by atoms with Gasteiger partial charge in [-0.1, -0.05) is 18.2 Å². The van der Waals surface area contributed by atoms with Gasteiger partial charge in [0.2, 0.25) is 11.9 Å². The van der Waals surface area contributed by atoms with Crippen LogP contribution in [0.3, 0.4) is 0 Å². The van der Waals surface area contributed by atoms with Crippen molar-refractivity contribution in [3.8, 4) is 0 Å². The van der Waals surface area contributed by atoms with E-state index in [4.69, 9.17) is 0 Å². The van der Waals surface area contributed by atoms with Gasteiger partial charge in [-0.05, 0) is 32.0 Å². The van der Waals surface area contributed by atoms with Crippen molar-refractivity contribution in [1.29, 1.82) is 0 Å². The molecule has 1 aromatic heterocycles. The Labute approximate surface area is 149 Å².